The molecule has 1 aliphatic rings. The van der Waals surface area contributed by atoms with Crippen LogP contribution in [-0.4, -0.2) is 35.3 Å². The van der Waals surface area contributed by atoms with Crippen molar-refractivity contribution in [1.29, 1.82) is 0 Å². The van der Waals surface area contributed by atoms with Gasteiger partial charge >= 0.3 is 0 Å². The molecule has 1 atom stereocenters. The molecule has 5 nitrogen and oxygen atoms in total. The summed E-state index contributed by atoms with van der Waals surface area (Å²) in [5.41, 5.74) is 4.64. The highest BCUT2D eigenvalue weighted by molar-refractivity contribution is 5.98. The molecule has 138 valence electrons. The predicted molar refractivity (Wildman–Crippen MR) is 104 cm³/mol. The number of hydrogen-bond acceptors (Lipinski definition) is 4. The summed E-state index contributed by atoms with van der Waals surface area (Å²) in [6.45, 7) is 4.40. The highest BCUT2D eigenvalue weighted by atomic mass is 16.5. The zero-order valence-corrected chi connectivity index (χ0v) is 15.4. The van der Waals surface area contributed by atoms with E-state index in [1.807, 2.05) is 54.1 Å². The maximum atomic E-state index is 12.8. The number of nitrogens with zero attached hydrogens (tertiary/aromatic N) is 2. The lowest BCUT2D eigenvalue weighted by atomic mass is 10.0. The molecular formula is C22H23N3O2. The number of nitrogens with one attached hydrogen (secondary N) is 1. The lowest BCUT2D eigenvalue weighted by molar-refractivity contribution is 0.0277. The minimum atomic E-state index is 0.0815. The Hall–Kier alpha value is -2.76. The third kappa shape index (κ3) is 3.84. The number of carbonyl (C=O) groups excluding carboxylic acids is 1. The van der Waals surface area contributed by atoms with Gasteiger partial charge < -0.3 is 10.1 Å². The van der Waals surface area contributed by atoms with Gasteiger partial charge in [-0.2, -0.15) is 5.10 Å². The average molecular weight is 361 g/mol. The second-order valence-electron chi connectivity index (χ2n) is 6.80. The molecule has 0 radical (unpaired) electrons. The van der Waals surface area contributed by atoms with Crippen molar-refractivity contribution in [3.8, 4) is 5.69 Å². The highest BCUT2D eigenvalue weighted by Crippen LogP contribution is 2.20. The van der Waals surface area contributed by atoms with E-state index in [2.05, 4.69) is 22.5 Å². The molecule has 1 aliphatic heterocycles. The summed E-state index contributed by atoms with van der Waals surface area (Å²) in [7, 11) is 0. The summed E-state index contributed by atoms with van der Waals surface area (Å²) in [5, 5.41) is 7.73. The Morgan fingerprint density at radius 2 is 1.96 bits per heavy atom. The molecule has 0 aliphatic carbocycles. The van der Waals surface area contributed by atoms with Gasteiger partial charge in [-0.3, -0.25) is 4.79 Å². The normalized spacial score (nSPS) is 17.0. The molecule has 1 N–H and O–H groups in total. The highest BCUT2D eigenvalue weighted by Gasteiger charge is 2.17. The fraction of sp³-hybridized carbons (Fsp3) is 0.273. The van der Waals surface area contributed by atoms with E-state index in [1.54, 1.807) is 6.20 Å². The van der Waals surface area contributed by atoms with E-state index in [0.717, 1.165) is 42.2 Å². The number of Topliss-reactive ketones (excluding diaryl/α,β-unsaturated/α-hetero) is 1. The van der Waals surface area contributed by atoms with Gasteiger partial charge in [-0.05, 0) is 30.2 Å². The second-order valence-corrected chi connectivity index (χ2v) is 6.80. The van der Waals surface area contributed by atoms with Crippen LogP contribution in [0.4, 0.5) is 0 Å². The van der Waals surface area contributed by atoms with Gasteiger partial charge in [0.15, 0.2) is 5.78 Å². The molecule has 5 heteroatoms. The van der Waals surface area contributed by atoms with E-state index in [1.165, 1.54) is 0 Å². The lowest BCUT2D eigenvalue weighted by Gasteiger charge is -2.24. The van der Waals surface area contributed by atoms with Crippen LogP contribution in [0.2, 0.25) is 0 Å². The van der Waals surface area contributed by atoms with Crippen molar-refractivity contribution in [3.63, 3.8) is 0 Å². The first-order valence-corrected chi connectivity index (χ1v) is 9.27. The molecule has 4 rings (SSSR count). The van der Waals surface area contributed by atoms with Gasteiger partial charge in [-0.25, -0.2) is 4.68 Å². The van der Waals surface area contributed by atoms with Gasteiger partial charge in [0, 0.05) is 19.5 Å². The topological polar surface area (TPSA) is 56.1 Å². The fourth-order valence-electron chi connectivity index (χ4n) is 3.42. The van der Waals surface area contributed by atoms with Crippen LogP contribution in [0, 0.1) is 6.92 Å². The molecule has 0 bridgehead atoms. The Kier molecular flexibility index (Phi) is 5.14. The summed E-state index contributed by atoms with van der Waals surface area (Å²) in [4.78, 5) is 12.8. The molecule has 1 aromatic heterocycles. The third-order valence-corrected chi connectivity index (χ3v) is 4.95. The maximum Gasteiger partial charge on any atom is 0.170 e. The van der Waals surface area contributed by atoms with Crippen LogP contribution < -0.4 is 5.32 Å². The number of aromatic nitrogens is 2. The summed E-state index contributed by atoms with van der Waals surface area (Å²) in [6, 6.07) is 18.0. The number of para-hydroxylation sites is 1. The third-order valence-electron chi connectivity index (χ3n) is 4.95. The number of carbonyl (C=O) groups is 1. The molecule has 3 aromatic rings. The van der Waals surface area contributed by atoms with Crippen molar-refractivity contribution in [1.82, 2.24) is 15.1 Å². The number of hydrogen-bond donors (Lipinski definition) is 1. The molecule has 27 heavy (non-hydrogen) atoms. The van der Waals surface area contributed by atoms with E-state index in [0.29, 0.717) is 12.0 Å². The quantitative estimate of drug-likeness (QED) is 0.709. The minimum absolute atomic E-state index is 0.0815. The van der Waals surface area contributed by atoms with Crippen LogP contribution in [-0.2, 0) is 11.2 Å². The summed E-state index contributed by atoms with van der Waals surface area (Å²) >= 11 is 0. The monoisotopic (exact) mass is 361 g/mol. The van der Waals surface area contributed by atoms with Gasteiger partial charge in [0.25, 0.3) is 0 Å². The minimum Gasteiger partial charge on any atom is -0.371 e. The van der Waals surface area contributed by atoms with Gasteiger partial charge in [0.1, 0.15) is 0 Å². The van der Waals surface area contributed by atoms with E-state index < -0.39 is 0 Å². The second kappa shape index (κ2) is 7.86. The maximum absolute atomic E-state index is 12.8. The smallest absolute Gasteiger partial charge is 0.170 e. The summed E-state index contributed by atoms with van der Waals surface area (Å²) in [6.07, 6.45) is 2.13. The zero-order chi connectivity index (χ0) is 18.6. The van der Waals surface area contributed by atoms with Crippen LogP contribution in [0.1, 0.15) is 33.3 Å². The SMILES string of the molecule is Cc1c(C(=O)Cc2ccc([C@H]3CNCCO3)cc2)cnn1-c1ccccc1. The van der Waals surface area contributed by atoms with Gasteiger partial charge in [0.2, 0.25) is 0 Å². The summed E-state index contributed by atoms with van der Waals surface area (Å²) < 4.78 is 7.58. The molecule has 0 saturated carbocycles. The van der Waals surface area contributed by atoms with Gasteiger partial charge in [0.05, 0.1) is 35.9 Å². The largest absolute Gasteiger partial charge is 0.371 e. The molecule has 2 aromatic carbocycles. The van der Waals surface area contributed by atoms with E-state index in [-0.39, 0.29) is 11.9 Å². The van der Waals surface area contributed by atoms with E-state index in [9.17, 15) is 4.79 Å². The Labute approximate surface area is 159 Å². The predicted octanol–water partition coefficient (Wildman–Crippen LogP) is 3.27. The van der Waals surface area contributed by atoms with Gasteiger partial charge in [-0.1, -0.05) is 42.5 Å². The zero-order valence-electron chi connectivity index (χ0n) is 15.4. The number of ether oxygens (including phenoxy) is 1. The van der Waals surface area contributed by atoms with Crippen LogP contribution in [0.25, 0.3) is 5.69 Å². The molecule has 2 heterocycles. The van der Waals surface area contributed by atoms with Crippen molar-refractivity contribution in [2.75, 3.05) is 19.7 Å². The number of benzene rings is 2. The number of ketones is 1. The molecule has 1 fully saturated rings. The average Bonchev–Trinajstić information content (AvgIpc) is 3.11. The van der Waals surface area contributed by atoms with Crippen LogP contribution in [0.5, 0.6) is 0 Å². The van der Waals surface area contributed by atoms with E-state index in [4.69, 9.17) is 4.74 Å². The fourth-order valence-corrected chi connectivity index (χ4v) is 3.42. The number of morpholine rings is 1. The molecule has 1 saturated heterocycles. The van der Waals surface area contributed by atoms with Crippen molar-refractivity contribution in [2.45, 2.75) is 19.4 Å². The lowest BCUT2D eigenvalue weighted by Crippen LogP contribution is -2.33. The van der Waals surface area contributed by atoms with Crippen molar-refractivity contribution >= 4 is 5.78 Å². The molecule has 0 amide bonds. The summed E-state index contributed by atoms with van der Waals surface area (Å²) in [5.74, 6) is 0.0815. The Morgan fingerprint density at radius 3 is 2.67 bits per heavy atom. The first-order valence-electron chi connectivity index (χ1n) is 9.27. The Balaban J connectivity index is 1.47. The number of rotatable bonds is 5. The first-order chi connectivity index (χ1) is 13.2. The molecular weight excluding hydrogens is 338 g/mol. The van der Waals surface area contributed by atoms with Gasteiger partial charge in [-0.15, -0.1) is 0 Å². The van der Waals surface area contributed by atoms with Crippen LogP contribution in [0.3, 0.4) is 0 Å². The van der Waals surface area contributed by atoms with Crippen molar-refractivity contribution < 1.29 is 9.53 Å². The van der Waals surface area contributed by atoms with Crippen molar-refractivity contribution in [2.24, 2.45) is 0 Å². The van der Waals surface area contributed by atoms with E-state index >= 15 is 0 Å². The molecule has 0 unspecified atom stereocenters. The Morgan fingerprint density at radius 1 is 1.19 bits per heavy atom. The van der Waals surface area contributed by atoms with Crippen molar-refractivity contribution in [3.05, 3.63) is 83.2 Å². The van der Waals surface area contributed by atoms with Crippen LogP contribution in [0.15, 0.2) is 60.8 Å². The first kappa shape index (κ1) is 17.6. The standard InChI is InChI=1S/C22H23N3O2/c1-16-20(14-24-25(16)19-5-3-2-4-6-19)21(26)13-17-7-9-18(10-8-17)22-15-23-11-12-27-22/h2-10,14,22-23H,11-13,15H2,1H3/t22-/m1/s1. The van der Waals surface area contributed by atoms with Crippen LogP contribution >= 0.6 is 0 Å². The Bertz CT molecular complexity index is 910. The molecule has 0 spiro atoms.